The molecule has 1 N–H and O–H groups in total. The number of hydrogen-bond acceptors (Lipinski definition) is 2. The topological polar surface area (TPSA) is 12.0 Å². The molecule has 0 saturated heterocycles. The van der Waals surface area contributed by atoms with Gasteiger partial charge in [0.25, 0.3) is 0 Å². The van der Waals surface area contributed by atoms with E-state index in [1.165, 1.54) is 0 Å². The molecular weight excluding hydrogens is 247 g/mol. The van der Waals surface area contributed by atoms with Gasteiger partial charge < -0.3 is 5.32 Å². The molecular formula is C12H24F3NS. The monoisotopic (exact) mass is 271 g/mol. The summed E-state index contributed by atoms with van der Waals surface area (Å²) in [6.07, 6.45) is 0.620. The van der Waals surface area contributed by atoms with Crippen molar-refractivity contribution in [2.75, 3.05) is 18.8 Å². The highest BCUT2D eigenvalue weighted by Gasteiger charge is 2.28. The lowest BCUT2D eigenvalue weighted by atomic mass is 9.93. The second-order valence-corrected chi connectivity index (χ2v) is 6.25. The molecule has 0 saturated carbocycles. The molecule has 2 atom stereocenters. The molecule has 0 aliphatic heterocycles. The van der Waals surface area contributed by atoms with E-state index in [0.29, 0.717) is 24.2 Å². The van der Waals surface area contributed by atoms with Gasteiger partial charge in [-0.2, -0.15) is 13.2 Å². The maximum Gasteiger partial charge on any atom is 0.441 e. The summed E-state index contributed by atoms with van der Waals surface area (Å²) in [6.45, 7) is 10.3. The zero-order valence-corrected chi connectivity index (χ0v) is 11.9. The fourth-order valence-electron chi connectivity index (χ4n) is 1.45. The SMILES string of the molecule is CC(C)CNCC(C)C(C)CCSC(F)(F)F. The lowest BCUT2D eigenvalue weighted by molar-refractivity contribution is -0.0328. The highest BCUT2D eigenvalue weighted by atomic mass is 32.2. The number of rotatable bonds is 8. The fourth-order valence-corrected chi connectivity index (χ4v) is 2.17. The summed E-state index contributed by atoms with van der Waals surface area (Å²) in [5.74, 6) is 1.52. The van der Waals surface area contributed by atoms with Crippen LogP contribution in [0.1, 0.15) is 34.1 Å². The Kier molecular flexibility index (Phi) is 8.29. The van der Waals surface area contributed by atoms with Gasteiger partial charge in [0.1, 0.15) is 0 Å². The average Bonchev–Trinajstić information content (AvgIpc) is 2.14. The Labute approximate surface area is 107 Å². The van der Waals surface area contributed by atoms with Crippen molar-refractivity contribution in [3.63, 3.8) is 0 Å². The van der Waals surface area contributed by atoms with E-state index in [1.54, 1.807) is 0 Å². The van der Waals surface area contributed by atoms with Crippen LogP contribution in [-0.4, -0.2) is 24.4 Å². The smallest absolute Gasteiger partial charge is 0.316 e. The molecule has 0 radical (unpaired) electrons. The van der Waals surface area contributed by atoms with Gasteiger partial charge in [0.05, 0.1) is 0 Å². The Balaban J connectivity index is 3.63. The number of nitrogens with one attached hydrogen (secondary N) is 1. The van der Waals surface area contributed by atoms with Crippen LogP contribution in [0.15, 0.2) is 0 Å². The lowest BCUT2D eigenvalue weighted by Gasteiger charge is -2.21. The van der Waals surface area contributed by atoms with E-state index in [9.17, 15) is 13.2 Å². The first-order valence-corrected chi connectivity index (χ1v) is 7.12. The van der Waals surface area contributed by atoms with Gasteiger partial charge in [-0.3, -0.25) is 0 Å². The third-order valence-corrected chi connectivity index (χ3v) is 3.60. The van der Waals surface area contributed by atoms with Crippen LogP contribution in [0.4, 0.5) is 13.2 Å². The van der Waals surface area contributed by atoms with Crippen LogP contribution in [0, 0.1) is 17.8 Å². The van der Waals surface area contributed by atoms with Gasteiger partial charge in [0, 0.05) is 5.75 Å². The second kappa shape index (κ2) is 8.25. The maximum atomic E-state index is 11.9. The molecule has 0 fully saturated rings. The number of thioether (sulfide) groups is 1. The third-order valence-electron chi connectivity index (χ3n) is 2.83. The molecule has 104 valence electrons. The summed E-state index contributed by atoms with van der Waals surface area (Å²) in [4.78, 5) is 0. The van der Waals surface area contributed by atoms with Gasteiger partial charge in [-0.1, -0.05) is 39.5 Å². The van der Waals surface area contributed by atoms with E-state index >= 15 is 0 Å². The number of halogens is 3. The largest absolute Gasteiger partial charge is 0.441 e. The van der Waals surface area contributed by atoms with Crippen LogP contribution in [0.2, 0.25) is 0 Å². The zero-order chi connectivity index (χ0) is 13.5. The molecule has 5 heteroatoms. The van der Waals surface area contributed by atoms with Gasteiger partial charge in [-0.25, -0.2) is 0 Å². The molecule has 0 aromatic rings. The molecule has 0 aromatic heterocycles. The molecule has 0 spiro atoms. The molecule has 1 nitrogen and oxygen atoms in total. The Morgan fingerprint density at radius 1 is 1.00 bits per heavy atom. The summed E-state index contributed by atoms with van der Waals surface area (Å²) >= 11 is 0.0876. The van der Waals surface area contributed by atoms with E-state index in [2.05, 4.69) is 26.1 Å². The summed E-state index contributed by atoms with van der Waals surface area (Å²) < 4.78 is 35.8. The molecule has 0 aliphatic carbocycles. The minimum atomic E-state index is -4.08. The van der Waals surface area contributed by atoms with Crippen LogP contribution < -0.4 is 5.32 Å². The Morgan fingerprint density at radius 2 is 1.59 bits per heavy atom. The first-order valence-electron chi connectivity index (χ1n) is 6.13. The number of alkyl halides is 3. The molecule has 0 amide bonds. The predicted octanol–water partition coefficient (Wildman–Crippen LogP) is 4.15. The minimum absolute atomic E-state index is 0.0876. The first kappa shape index (κ1) is 17.1. The van der Waals surface area contributed by atoms with Crippen molar-refractivity contribution in [2.24, 2.45) is 17.8 Å². The summed E-state index contributed by atoms with van der Waals surface area (Å²) in [7, 11) is 0. The summed E-state index contributed by atoms with van der Waals surface area (Å²) in [5.41, 5.74) is -4.08. The highest BCUT2D eigenvalue weighted by Crippen LogP contribution is 2.32. The van der Waals surface area contributed by atoms with Gasteiger partial charge in [-0.15, -0.1) is 0 Å². The van der Waals surface area contributed by atoms with E-state index in [1.807, 2.05) is 6.92 Å². The number of hydrogen-bond donors (Lipinski definition) is 1. The summed E-state index contributed by atoms with van der Waals surface area (Å²) in [6, 6.07) is 0. The highest BCUT2D eigenvalue weighted by molar-refractivity contribution is 8.00. The van der Waals surface area contributed by atoms with Crippen LogP contribution in [0.5, 0.6) is 0 Å². The van der Waals surface area contributed by atoms with Crippen molar-refractivity contribution in [1.82, 2.24) is 5.32 Å². The standard InChI is InChI=1S/C12H24F3NS/c1-9(2)7-16-8-11(4)10(3)5-6-17-12(13,14)15/h9-11,16H,5-8H2,1-4H3. The fraction of sp³-hybridized carbons (Fsp3) is 1.00. The first-order chi connectivity index (χ1) is 7.72. The molecule has 0 heterocycles. The van der Waals surface area contributed by atoms with Crippen molar-refractivity contribution in [3.05, 3.63) is 0 Å². The minimum Gasteiger partial charge on any atom is -0.316 e. The molecule has 0 bridgehead atoms. The van der Waals surface area contributed by atoms with E-state index in [0.717, 1.165) is 13.1 Å². The second-order valence-electron chi connectivity index (χ2n) is 5.09. The van der Waals surface area contributed by atoms with Crippen LogP contribution in [0.25, 0.3) is 0 Å². The van der Waals surface area contributed by atoms with Gasteiger partial charge in [-0.05, 0) is 37.3 Å². The van der Waals surface area contributed by atoms with Crippen LogP contribution in [-0.2, 0) is 0 Å². The zero-order valence-electron chi connectivity index (χ0n) is 11.1. The van der Waals surface area contributed by atoms with E-state index in [4.69, 9.17) is 0 Å². The molecule has 0 aromatic carbocycles. The normalized spacial score (nSPS) is 16.2. The van der Waals surface area contributed by atoms with E-state index in [-0.39, 0.29) is 17.5 Å². The Hall–Kier alpha value is 0.100. The molecule has 17 heavy (non-hydrogen) atoms. The van der Waals surface area contributed by atoms with Gasteiger partial charge in [0.2, 0.25) is 0 Å². The Bertz CT molecular complexity index is 195. The van der Waals surface area contributed by atoms with Crippen LogP contribution >= 0.6 is 11.8 Å². The molecule has 0 rings (SSSR count). The van der Waals surface area contributed by atoms with Crippen molar-refractivity contribution in [1.29, 1.82) is 0 Å². The van der Waals surface area contributed by atoms with Gasteiger partial charge >= 0.3 is 5.51 Å². The lowest BCUT2D eigenvalue weighted by Crippen LogP contribution is -2.28. The maximum absolute atomic E-state index is 11.9. The molecule has 2 unspecified atom stereocenters. The van der Waals surface area contributed by atoms with Crippen LogP contribution in [0.3, 0.4) is 0 Å². The third kappa shape index (κ3) is 10.9. The summed E-state index contributed by atoms with van der Waals surface area (Å²) in [5, 5.41) is 3.34. The van der Waals surface area contributed by atoms with Crippen molar-refractivity contribution in [2.45, 2.75) is 39.6 Å². The van der Waals surface area contributed by atoms with E-state index < -0.39 is 5.51 Å². The quantitative estimate of drug-likeness (QED) is 0.712. The predicted molar refractivity (Wildman–Crippen MR) is 69.2 cm³/mol. The van der Waals surface area contributed by atoms with Crippen molar-refractivity contribution in [3.8, 4) is 0 Å². The average molecular weight is 271 g/mol. The van der Waals surface area contributed by atoms with Crippen molar-refractivity contribution < 1.29 is 13.2 Å². The Morgan fingerprint density at radius 3 is 2.06 bits per heavy atom. The molecule has 0 aliphatic rings. The van der Waals surface area contributed by atoms with Gasteiger partial charge in [0.15, 0.2) is 0 Å². The van der Waals surface area contributed by atoms with Crippen molar-refractivity contribution >= 4 is 11.8 Å².